The molecule has 4 heteroatoms. The smallest absolute Gasteiger partial charge is 0.252 e. The number of carbonyl (C=O) groups is 1. The van der Waals surface area contributed by atoms with Gasteiger partial charge >= 0.3 is 0 Å². The highest BCUT2D eigenvalue weighted by Crippen LogP contribution is 2.40. The first-order valence-corrected chi connectivity index (χ1v) is 8.24. The van der Waals surface area contributed by atoms with Crippen molar-refractivity contribution < 1.29 is 4.79 Å². The number of amides is 1. The molecule has 0 bridgehead atoms. The van der Waals surface area contributed by atoms with Gasteiger partial charge in [-0.1, -0.05) is 18.2 Å². The summed E-state index contributed by atoms with van der Waals surface area (Å²) < 4.78 is 0. The SMILES string of the molecule is CN(C)C(C)(C)CNC(=O)c1cc(C2CC2)nc2ccccc12. The highest BCUT2D eigenvalue weighted by Gasteiger charge is 2.27. The first kappa shape index (κ1) is 15.9. The van der Waals surface area contributed by atoms with Crippen LogP contribution in [0, 0.1) is 0 Å². The van der Waals surface area contributed by atoms with Gasteiger partial charge in [-0.05, 0) is 52.9 Å². The lowest BCUT2D eigenvalue weighted by molar-refractivity contribution is 0.0921. The molecule has 0 unspecified atom stereocenters. The molecule has 1 aromatic heterocycles. The molecule has 1 fully saturated rings. The molecule has 0 radical (unpaired) electrons. The van der Waals surface area contributed by atoms with Crippen molar-refractivity contribution in [1.82, 2.24) is 15.2 Å². The number of nitrogens with one attached hydrogen (secondary N) is 1. The summed E-state index contributed by atoms with van der Waals surface area (Å²) >= 11 is 0. The molecular weight excluding hydrogens is 286 g/mol. The Bertz CT molecular complexity index is 732. The second kappa shape index (κ2) is 5.93. The van der Waals surface area contributed by atoms with Crippen LogP contribution in [0.15, 0.2) is 30.3 Å². The number of rotatable bonds is 5. The summed E-state index contributed by atoms with van der Waals surface area (Å²) in [5, 5.41) is 4.02. The van der Waals surface area contributed by atoms with Crippen LogP contribution < -0.4 is 5.32 Å². The maximum Gasteiger partial charge on any atom is 0.252 e. The first-order valence-electron chi connectivity index (χ1n) is 8.24. The molecule has 1 aliphatic rings. The third-order valence-corrected chi connectivity index (χ3v) is 4.87. The average molecular weight is 311 g/mol. The number of nitrogens with zero attached hydrogens (tertiary/aromatic N) is 2. The Morgan fingerprint density at radius 1 is 1.30 bits per heavy atom. The predicted molar refractivity (Wildman–Crippen MR) is 93.8 cm³/mol. The fourth-order valence-corrected chi connectivity index (χ4v) is 2.52. The summed E-state index contributed by atoms with van der Waals surface area (Å²) in [7, 11) is 4.05. The summed E-state index contributed by atoms with van der Waals surface area (Å²) in [6, 6.07) is 9.88. The van der Waals surface area contributed by atoms with Gasteiger partial charge in [0.25, 0.3) is 5.91 Å². The van der Waals surface area contributed by atoms with Crippen LogP contribution in [0.4, 0.5) is 0 Å². The Labute approximate surface area is 137 Å². The number of fused-ring (bicyclic) bond motifs is 1. The lowest BCUT2D eigenvalue weighted by Gasteiger charge is -2.32. The molecule has 1 amide bonds. The van der Waals surface area contributed by atoms with E-state index in [2.05, 4.69) is 24.1 Å². The minimum atomic E-state index is -0.0855. The zero-order valence-electron chi connectivity index (χ0n) is 14.4. The summed E-state index contributed by atoms with van der Waals surface area (Å²) in [5.74, 6) is 0.518. The summed E-state index contributed by atoms with van der Waals surface area (Å²) in [4.78, 5) is 19.6. The van der Waals surface area contributed by atoms with Crippen LogP contribution in [0.2, 0.25) is 0 Å². The van der Waals surface area contributed by atoms with Crippen molar-refractivity contribution in [2.24, 2.45) is 0 Å². The highest BCUT2D eigenvalue weighted by atomic mass is 16.1. The van der Waals surface area contributed by atoms with Crippen LogP contribution in [0.1, 0.15) is 48.7 Å². The Balaban J connectivity index is 1.90. The van der Waals surface area contributed by atoms with Gasteiger partial charge in [0, 0.05) is 29.1 Å². The summed E-state index contributed by atoms with van der Waals surface area (Å²) in [6.07, 6.45) is 2.36. The second-order valence-electron chi connectivity index (χ2n) is 7.28. The third kappa shape index (κ3) is 3.37. The maximum atomic E-state index is 12.8. The topological polar surface area (TPSA) is 45.2 Å². The minimum absolute atomic E-state index is 0.0135. The van der Waals surface area contributed by atoms with E-state index in [0.29, 0.717) is 12.5 Å². The normalized spacial score (nSPS) is 15.2. The molecule has 0 aliphatic heterocycles. The maximum absolute atomic E-state index is 12.8. The predicted octanol–water partition coefficient (Wildman–Crippen LogP) is 3.18. The number of pyridine rings is 1. The number of para-hydroxylation sites is 1. The van der Waals surface area contributed by atoms with Crippen LogP contribution >= 0.6 is 0 Å². The molecule has 0 atom stereocenters. The van der Waals surface area contributed by atoms with Gasteiger partial charge in [-0.2, -0.15) is 0 Å². The van der Waals surface area contributed by atoms with Crippen LogP contribution in [0.3, 0.4) is 0 Å². The zero-order valence-corrected chi connectivity index (χ0v) is 14.4. The molecule has 1 N–H and O–H groups in total. The van der Waals surface area contributed by atoms with Crippen molar-refractivity contribution >= 4 is 16.8 Å². The molecule has 2 aromatic rings. The van der Waals surface area contributed by atoms with Crippen molar-refractivity contribution in [3.63, 3.8) is 0 Å². The van der Waals surface area contributed by atoms with Crippen LogP contribution in [-0.4, -0.2) is 42.0 Å². The molecular formula is C19H25N3O. The van der Waals surface area contributed by atoms with Gasteiger partial charge in [0.1, 0.15) is 0 Å². The fourth-order valence-electron chi connectivity index (χ4n) is 2.52. The third-order valence-electron chi connectivity index (χ3n) is 4.87. The van der Waals surface area contributed by atoms with E-state index >= 15 is 0 Å². The molecule has 0 saturated heterocycles. The van der Waals surface area contributed by atoms with Gasteiger partial charge < -0.3 is 10.2 Å². The van der Waals surface area contributed by atoms with E-state index in [0.717, 1.165) is 22.2 Å². The molecule has 1 aliphatic carbocycles. The van der Waals surface area contributed by atoms with Gasteiger partial charge in [0.2, 0.25) is 0 Å². The van der Waals surface area contributed by atoms with Crippen LogP contribution in [0.5, 0.6) is 0 Å². The molecule has 23 heavy (non-hydrogen) atoms. The van der Waals surface area contributed by atoms with Gasteiger partial charge in [-0.3, -0.25) is 9.78 Å². The minimum Gasteiger partial charge on any atom is -0.350 e. The van der Waals surface area contributed by atoms with Gasteiger partial charge in [0.15, 0.2) is 0 Å². The summed E-state index contributed by atoms with van der Waals surface area (Å²) in [5.41, 5.74) is 2.62. The fraction of sp³-hybridized carbons (Fsp3) is 0.474. The molecule has 3 rings (SSSR count). The Hall–Kier alpha value is -1.94. The molecule has 4 nitrogen and oxygen atoms in total. The zero-order chi connectivity index (χ0) is 16.6. The van der Waals surface area contributed by atoms with Crippen molar-refractivity contribution in [3.8, 4) is 0 Å². The van der Waals surface area contributed by atoms with E-state index in [4.69, 9.17) is 4.98 Å². The number of benzene rings is 1. The van der Waals surface area contributed by atoms with Crippen molar-refractivity contribution in [3.05, 3.63) is 41.6 Å². The van der Waals surface area contributed by atoms with E-state index in [1.165, 1.54) is 12.8 Å². The van der Waals surface area contributed by atoms with E-state index in [1.807, 2.05) is 44.4 Å². The number of carbonyl (C=O) groups excluding carboxylic acids is 1. The van der Waals surface area contributed by atoms with E-state index in [1.54, 1.807) is 0 Å². The molecule has 1 saturated carbocycles. The Morgan fingerprint density at radius 2 is 2.00 bits per heavy atom. The van der Waals surface area contributed by atoms with Crippen molar-refractivity contribution in [1.29, 1.82) is 0 Å². The largest absolute Gasteiger partial charge is 0.350 e. The van der Waals surface area contributed by atoms with E-state index in [9.17, 15) is 4.79 Å². The average Bonchev–Trinajstić information content (AvgIpc) is 3.36. The lowest BCUT2D eigenvalue weighted by atomic mass is 10.0. The van der Waals surface area contributed by atoms with E-state index in [-0.39, 0.29) is 11.4 Å². The first-order chi connectivity index (χ1) is 10.9. The number of likely N-dealkylation sites (N-methyl/N-ethyl adjacent to an activating group) is 1. The van der Waals surface area contributed by atoms with Crippen molar-refractivity contribution in [2.75, 3.05) is 20.6 Å². The molecule has 1 heterocycles. The van der Waals surface area contributed by atoms with Gasteiger partial charge in [0.05, 0.1) is 11.1 Å². The summed E-state index contributed by atoms with van der Waals surface area (Å²) in [6.45, 7) is 4.84. The standard InChI is InChI=1S/C19H25N3O/c1-19(2,22(3)4)12-20-18(23)15-11-17(13-9-10-13)21-16-8-6-5-7-14(15)16/h5-8,11,13H,9-10,12H2,1-4H3,(H,20,23). The molecule has 1 aromatic carbocycles. The van der Waals surface area contributed by atoms with Crippen molar-refractivity contribution in [2.45, 2.75) is 38.1 Å². The van der Waals surface area contributed by atoms with E-state index < -0.39 is 0 Å². The van der Waals surface area contributed by atoms with Gasteiger partial charge in [-0.25, -0.2) is 0 Å². The number of hydrogen-bond acceptors (Lipinski definition) is 3. The molecule has 0 spiro atoms. The monoisotopic (exact) mass is 311 g/mol. The second-order valence-corrected chi connectivity index (χ2v) is 7.28. The van der Waals surface area contributed by atoms with Crippen LogP contribution in [0.25, 0.3) is 10.9 Å². The number of aromatic nitrogens is 1. The van der Waals surface area contributed by atoms with Crippen LogP contribution in [-0.2, 0) is 0 Å². The van der Waals surface area contributed by atoms with Gasteiger partial charge in [-0.15, -0.1) is 0 Å². The number of hydrogen-bond donors (Lipinski definition) is 1. The quantitative estimate of drug-likeness (QED) is 0.922. The highest BCUT2D eigenvalue weighted by molar-refractivity contribution is 6.06. The Morgan fingerprint density at radius 3 is 2.65 bits per heavy atom. The molecule has 122 valence electrons. The lowest BCUT2D eigenvalue weighted by Crippen LogP contribution is -2.48. The Kier molecular flexibility index (Phi) is 4.11.